The maximum atomic E-state index is 11.1. The third kappa shape index (κ3) is 2.36. The third-order valence-corrected chi connectivity index (χ3v) is 1.72. The number of ketones is 1. The minimum absolute atomic E-state index is 0.0246. The van der Waals surface area contributed by atoms with Crippen molar-refractivity contribution < 1.29 is 14.6 Å². The van der Waals surface area contributed by atoms with E-state index in [0.717, 1.165) is 0 Å². The zero-order valence-corrected chi connectivity index (χ0v) is 7.99. The van der Waals surface area contributed by atoms with Crippen molar-refractivity contribution in [3.8, 4) is 11.5 Å². The SMILES string of the molecule is C=CCOc1ccc(O)c(C(C)=O)c1. The molecule has 0 saturated heterocycles. The van der Waals surface area contributed by atoms with Crippen LogP contribution in [0.3, 0.4) is 0 Å². The Hall–Kier alpha value is -1.77. The van der Waals surface area contributed by atoms with Gasteiger partial charge in [0.15, 0.2) is 5.78 Å². The Bertz CT molecular complexity index is 356. The van der Waals surface area contributed by atoms with E-state index in [-0.39, 0.29) is 17.1 Å². The summed E-state index contributed by atoms with van der Waals surface area (Å²) in [6.07, 6.45) is 1.61. The average Bonchev–Trinajstić information content (AvgIpc) is 2.16. The highest BCUT2D eigenvalue weighted by molar-refractivity contribution is 5.97. The molecule has 0 amide bonds. The van der Waals surface area contributed by atoms with Crippen molar-refractivity contribution in [2.45, 2.75) is 6.92 Å². The van der Waals surface area contributed by atoms with Gasteiger partial charge < -0.3 is 9.84 Å². The van der Waals surface area contributed by atoms with E-state index >= 15 is 0 Å². The summed E-state index contributed by atoms with van der Waals surface area (Å²) in [5.41, 5.74) is 0.270. The van der Waals surface area contributed by atoms with Crippen LogP contribution in [0.5, 0.6) is 11.5 Å². The summed E-state index contributed by atoms with van der Waals surface area (Å²) in [6, 6.07) is 4.56. The molecule has 1 N–H and O–H groups in total. The molecule has 0 saturated carbocycles. The van der Waals surface area contributed by atoms with E-state index in [4.69, 9.17) is 4.74 Å². The summed E-state index contributed by atoms with van der Waals surface area (Å²) in [7, 11) is 0. The van der Waals surface area contributed by atoms with Crippen LogP contribution in [-0.2, 0) is 0 Å². The molecule has 0 aromatic heterocycles. The molecule has 1 aromatic carbocycles. The first-order valence-corrected chi connectivity index (χ1v) is 4.23. The van der Waals surface area contributed by atoms with Crippen LogP contribution in [0.15, 0.2) is 30.9 Å². The Morgan fingerprint density at radius 1 is 1.64 bits per heavy atom. The number of hydrogen-bond donors (Lipinski definition) is 1. The van der Waals surface area contributed by atoms with E-state index in [1.165, 1.54) is 19.1 Å². The molecule has 0 atom stereocenters. The zero-order valence-electron chi connectivity index (χ0n) is 7.99. The van der Waals surface area contributed by atoms with Crippen molar-refractivity contribution in [1.29, 1.82) is 0 Å². The minimum Gasteiger partial charge on any atom is -0.507 e. The summed E-state index contributed by atoms with van der Waals surface area (Å²) in [5.74, 6) is 0.336. The van der Waals surface area contributed by atoms with E-state index in [1.807, 2.05) is 0 Å². The first-order chi connectivity index (χ1) is 6.65. The molecular weight excluding hydrogens is 180 g/mol. The van der Waals surface area contributed by atoms with Crippen LogP contribution in [0.1, 0.15) is 17.3 Å². The number of phenols is 1. The lowest BCUT2D eigenvalue weighted by atomic mass is 10.1. The Labute approximate surface area is 82.6 Å². The van der Waals surface area contributed by atoms with Gasteiger partial charge in [0.05, 0.1) is 5.56 Å². The minimum atomic E-state index is -0.188. The summed E-state index contributed by atoms with van der Waals surface area (Å²) < 4.78 is 5.22. The standard InChI is InChI=1S/C11H12O3/c1-3-6-14-9-4-5-11(13)10(7-9)8(2)12/h3-5,7,13H,1,6H2,2H3. The molecule has 1 rings (SSSR count). The predicted molar refractivity (Wildman–Crippen MR) is 53.8 cm³/mol. The van der Waals surface area contributed by atoms with Crippen LogP contribution in [0.2, 0.25) is 0 Å². The van der Waals surface area contributed by atoms with Gasteiger partial charge in [0.2, 0.25) is 0 Å². The van der Waals surface area contributed by atoms with Gasteiger partial charge in [0.25, 0.3) is 0 Å². The average molecular weight is 192 g/mol. The predicted octanol–water partition coefficient (Wildman–Crippen LogP) is 2.16. The van der Waals surface area contributed by atoms with Crippen LogP contribution in [0.4, 0.5) is 0 Å². The molecule has 1 aromatic rings. The topological polar surface area (TPSA) is 46.5 Å². The monoisotopic (exact) mass is 192 g/mol. The van der Waals surface area contributed by atoms with Gasteiger partial charge >= 0.3 is 0 Å². The van der Waals surface area contributed by atoms with Crippen LogP contribution in [0.25, 0.3) is 0 Å². The normalized spacial score (nSPS) is 9.50. The van der Waals surface area contributed by atoms with Gasteiger partial charge in [-0.1, -0.05) is 12.7 Å². The molecule has 0 fully saturated rings. The van der Waals surface area contributed by atoms with Crippen molar-refractivity contribution in [1.82, 2.24) is 0 Å². The summed E-state index contributed by atoms with van der Waals surface area (Å²) in [4.78, 5) is 11.1. The maximum Gasteiger partial charge on any atom is 0.163 e. The Morgan fingerprint density at radius 3 is 2.93 bits per heavy atom. The third-order valence-electron chi connectivity index (χ3n) is 1.72. The van der Waals surface area contributed by atoms with E-state index in [0.29, 0.717) is 12.4 Å². The number of aromatic hydroxyl groups is 1. The summed E-state index contributed by atoms with van der Waals surface area (Å²) >= 11 is 0. The second-order valence-electron chi connectivity index (χ2n) is 2.83. The quantitative estimate of drug-likeness (QED) is 0.587. The fraction of sp³-hybridized carbons (Fsp3) is 0.182. The van der Waals surface area contributed by atoms with Gasteiger partial charge in [0.1, 0.15) is 18.1 Å². The van der Waals surface area contributed by atoms with Gasteiger partial charge in [-0.15, -0.1) is 0 Å². The first-order valence-electron chi connectivity index (χ1n) is 4.23. The van der Waals surface area contributed by atoms with E-state index in [9.17, 15) is 9.90 Å². The summed E-state index contributed by atoms with van der Waals surface area (Å²) in [6.45, 7) is 5.28. The maximum absolute atomic E-state index is 11.1. The molecule has 3 heteroatoms. The number of ether oxygens (including phenoxy) is 1. The molecule has 0 aliphatic heterocycles. The molecule has 0 unspecified atom stereocenters. The highest BCUT2D eigenvalue weighted by Gasteiger charge is 2.07. The van der Waals surface area contributed by atoms with E-state index in [2.05, 4.69) is 6.58 Å². The molecule has 0 radical (unpaired) electrons. The Morgan fingerprint density at radius 2 is 2.36 bits per heavy atom. The second kappa shape index (κ2) is 4.46. The number of hydrogen-bond acceptors (Lipinski definition) is 3. The molecule has 14 heavy (non-hydrogen) atoms. The number of rotatable bonds is 4. The molecule has 0 bridgehead atoms. The Balaban J connectivity index is 2.94. The number of carbonyl (C=O) groups excluding carboxylic acids is 1. The lowest BCUT2D eigenvalue weighted by molar-refractivity contribution is 0.101. The van der Waals surface area contributed by atoms with Crippen LogP contribution < -0.4 is 4.74 Å². The van der Waals surface area contributed by atoms with E-state index in [1.54, 1.807) is 12.1 Å². The number of phenolic OH excluding ortho intramolecular Hbond substituents is 1. The van der Waals surface area contributed by atoms with E-state index < -0.39 is 0 Å². The van der Waals surface area contributed by atoms with Gasteiger partial charge in [0, 0.05) is 0 Å². The van der Waals surface area contributed by atoms with Crippen molar-refractivity contribution in [2.24, 2.45) is 0 Å². The van der Waals surface area contributed by atoms with Crippen molar-refractivity contribution >= 4 is 5.78 Å². The molecular formula is C11H12O3. The Kier molecular flexibility index (Phi) is 3.29. The van der Waals surface area contributed by atoms with Gasteiger partial charge in [-0.25, -0.2) is 0 Å². The highest BCUT2D eigenvalue weighted by Crippen LogP contribution is 2.23. The fourth-order valence-corrected chi connectivity index (χ4v) is 1.04. The number of carbonyl (C=O) groups is 1. The van der Waals surface area contributed by atoms with Crippen LogP contribution in [0, 0.1) is 0 Å². The highest BCUT2D eigenvalue weighted by atomic mass is 16.5. The van der Waals surface area contributed by atoms with Crippen molar-refractivity contribution in [3.05, 3.63) is 36.4 Å². The molecule has 0 heterocycles. The molecule has 74 valence electrons. The second-order valence-corrected chi connectivity index (χ2v) is 2.83. The lowest BCUT2D eigenvalue weighted by Gasteiger charge is -2.05. The fourth-order valence-electron chi connectivity index (χ4n) is 1.04. The van der Waals surface area contributed by atoms with Crippen molar-refractivity contribution in [3.63, 3.8) is 0 Å². The smallest absolute Gasteiger partial charge is 0.163 e. The number of Topliss-reactive ketones (excluding diaryl/α,β-unsaturated/α-hetero) is 1. The van der Waals surface area contributed by atoms with Crippen LogP contribution in [-0.4, -0.2) is 17.5 Å². The zero-order chi connectivity index (χ0) is 10.6. The van der Waals surface area contributed by atoms with Gasteiger partial charge in [-0.05, 0) is 25.1 Å². The molecule has 0 spiro atoms. The molecule has 3 nitrogen and oxygen atoms in total. The van der Waals surface area contributed by atoms with Gasteiger partial charge in [-0.3, -0.25) is 4.79 Å². The van der Waals surface area contributed by atoms with Crippen LogP contribution >= 0.6 is 0 Å². The largest absolute Gasteiger partial charge is 0.507 e. The van der Waals surface area contributed by atoms with Gasteiger partial charge in [-0.2, -0.15) is 0 Å². The molecule has 0 aliphatic rings. The molecule has 0 aliphatic carbocycles. The summed E-state index contributed by atoms with van der Waals surface area (Å²) in [5, 5.41) is 9.33. The lowest BCUT2D eigenvalue weighted by Crippen LogP contribution is -1.97. The number of benzene rings is 1. The van der Waals surface area contributed by atoms with Crippen molar-refractivity contribution in [2.75, 3.05) is 6.61 Å². The first kappa shape index (κ1) is 10.3.